The Kier molecular flexibility index (Phi) is 11.3. The van der Waals surface area contributed by atoms with Gasteiger partial charge < -0.3 is 15.4 Å². The van der Waals surface area contributed by atoms with E-state index < -0.39 is 20.2 Å². The maximum absolute atomic E-state index is 9.19. The van der Waals surface area contributed by atoms with Gasteiger partial charge in [0.25, 0.3) is 20.2 Å². The SMILES string of the molecule is COc1cccc2c1CCC[C@H]2CN(C)CCc1ccc2sc(N)nc2c1.CS(=O)(=O)O.CS(=O)(=O)O. The van der Waals surface area contributed by atoms with Crippen LogP contribution in [0.3, 0.4) is 0 Å². The fourth-order valence-corrected chi connectivity index (χ4v) is 4.94. The maximum atomic E-state index is 9.19. The molecule has 1 aliphatic rings. The van der Waals surface area contributed by atoms with Gasteiger partial charge in [0.1, 0.15) is 5.75 Å². The zero-order valence-electron chi connectivity index (χ0n) is 21.4. The number of anilines is 1. The second-order valence-corrected chi connectivity index (χ2v) is 12.9. The first kappa shape index (κ1) is 30.9. The predicted octanol–water partition coefficient (Wildman–Crippen LogP) is 3.49. The molecule has 1 aliphatic carbocycles. The molecule has 2 aromatic carbocycles. The summed E-state index contributed by atoms with van der Waals surface area (Å²) in [5, 5.41) is 0.644. The van der Waals surface area contributed by atoms with E-state index in [9.17, 15) is 16.8 Å². The first-order valence-electron chi connectivity index (χ1n) is 11.5. The van der Waals surface area contributed by atoms with E-state index in [2.05, 4.69) is 53.3 Å². The highest BCUT2D eigenvalue weighted by Gasteiger charge is 2.23. The van der Waals surface area contributed by atoms with Gasteiger partial charge in [0.2, 0.25) is 0 Å². The van der Waals surface area contributed by atoms with E-state index in [1.165, 1.54) is 29.5 Å². The number of hydrogen-bond donors (Lipinski definition) is 3. The molecule has 0 radical (unpaired) electrons. The van der Waals surface area contributed by atoms with Gasteiger partial charge in [-0.3, -0.25) is 9.11 Å². The van der Waals surface area contributed by atoms with Gasteiger partial charge in [-0.25, -0.2) is 4.98 Å². The van der Waals surface area contributed by atoms with Crippen LogP contribution in [0, 0.1) is 0 Å². The van der Waals surface area contributed by atoms with Gasteiger partial charge in [-0.1, -0.05) is 29.5 Å². The third kappa shape index (κ3) is 11.8. The molecule has 37 heavy (non-hydrogen) atoms. The molecule has 1 atom stereocenters. The number of methoxy groups -OCH3 is 1. The lowest BCUT2D eigenvalue weighted by Gasteiger charge is -2.30. The van der Waals surface area contributed by atoms with E-state index >= 15 is 0 Å². The first-order valence-corrected chi connectivity index (χ1v) is 16.0. The van der Waals surface area contributed by atoms with E-state index in [0.29, 0.717) is 23.6 Å². The molecule has 0 saturated carbocycles. The van der Waals surface area contributed by atoms with Crippen molar-refractivity contribution in [3.05, 3.63) is 53.1 Å². The molecule has 13 heteroatoms. The van der Waals surface area contributed by atoms with Crippen LogP contribution in [-0.2, 0) is 33.1 Å². The zero-order chi connectivity index (χ0) is 27.8. The number of hydrogen-bond acceptors (Lipinski definition) is 9. The topological polar surface area (TPSA) is 160 Å². The van der Waals surface area contributed by atoms with Crippen LogP contribution in [0.5, 0.6) is 5.75 Å². The Morgan fingerprint density at radius 1 is 1.14 bits per heavy atom. The first-order chi connectivity index (χ1) is 17.1. The number of aromatic nitrogens is 1. The van der Waals surface area contributed by atoms with Crippen LogP contribution in [-0.4, -0.2) is 75.6 Å². The minimum Gasteiger partial charge on any atom is -0.496 e. The number of likely N-dealkylation sites (N-methyl/N-ethyl adjacent to an activating group) is 1. The second kappa shape index (κ2) is 13.5. The third-order valence-electron chi connectivity index (χ3n) is 5.59. The normalized spacial score (nSPS) is 15.3. The summed E-state index contributed by atoms with van der Waals surface area (Å²) < 4.78 is 58.5. The summed E-state index contributed by atoms with van der Waals surface area (Å²) >= 11 is 1.55. The molecule has 0 bridgehead atoms. The minimum absolute atomic E-state index is 0.592. The van der Waals surface area contributed by atoms with Crippen molar-refractivity contribution in [2.45, 2.75) is 31.6 Å². The highest BCUT2D eigenvalue weighted by molar-refractivity contribution is 7.85. The van der Waals surface area contributed by atoms with E-state index in [-0.39, 0.29) is 0 Å². The Hall–Kier alpha value is -2.29. The van der Waals surface area contributed by atoms with Gasteiger partial charge in [-0.15, -0.1) is 0 Å². The fourth-order valence-electron chi connectivity index (χ4n) is 4.23. The van der Waals surface area contributed by atoms with Crippen LogP contribution in [0.4, 0.5) is 5.13 Å². The summed E-state index contributed by atoms with van der Waals surface area (Å²) in [4.78, 5) is 6.86. The van der Waals surface area contributed by atoms with Crippen LogP contribution in [0.15, 0.2) is 36.4 Å². The van der Waals surface area contributed by atoms with Crippen LogP contribution in [0.2, 0.25) is 0 Å². The highest BCUT2D eigenvalue weighted by Crippen LogP contribution is 2.37. The summed E-state index contributed by atoms with van der Waals surface area (Å²) in [5.41, 5.74) is 11.1. The summed E-state index contributed by atoms with van der Waals surface area (Å²) in [5.74, 6) is 1.64. The molecule has 1 aromatic heterocycles. The van der Waals surface area contributed by atoms with Crippen LogP contribution < -0.4 is 10.5 Å². The summed E-state index contributed by atoms with van der Waals surface area (Å²) in [6.45, 7) is 2.13. The monoisotopic (exact) mass is 573 g/mol. The Bertz CT molecular complexity index is 1340. The average Bonchev–Trinajstić information content (AvgIpc) is 3.14. The number of benzene rings is 2. The number of nitrogens with two attached hydrogens (primary N) is 1. The van der Waals surface area contributed by atoms with E-state index in [1.807, 2.05) is 0 Å². The highest BCUT2D eigenvalue weighted by atomic mass is 32.2. The van der Waals surface area contributed by atoms with Gasteiger partial charge in [-0.05, 0) is 73.5 Å². The van der Waals surface area contributed by atoms with Gasteiger partial charge in [-0.2, -0.15) is 16.8 Å². The molecule has 0 fully saturated rings. The van der Waals surface area contributed by atoms with E-state index in [4.69, 9.17) is 19.6 Å². The molecule has 0 amide bonds. The quantitative estimate of drug-likeness (QED) is 0.372. The lowest BCUT2D eigenvalue weighted by molar-refractivity contribution is 0.299. The molecule has 1 heterocycles. The molecule has 0 aliphatic heterocycles. The number of rotatable bonds is 6. The number of fused-ring (bicyclic) bond motifs is 2. The van der Waals surface area contributed by atoms with Gasteiger partial charge in [0.15, 0.2) is 5.13 Å². The lowest BCUT2D eigenvalue weighted by atomic mass is 9.82. The second-order valence-electron chi connectivity index (χ2n) is 8.95. The van der Waals surface area contributed by atoms with Gasteiger partial charge in [0.05, 0.1) is 29.8 Å². The van der Waals surface area contributed by atoms with Crippen molar-refractivity contribution >= 4 is 46.9 Å². The number of ether oxygens (including phenoxy) is 1. The number of nitrogen functional groups attached to an aromatic ring is 1. The zero-order valence-corrected chi connectivity index (χ0v) is 23.9. The molecular weight excluding hydrogens is 538 g/mol. The van der Waals surface area contributed by atoms with Gasteiger partial charge >= 0.3 is 0 Å². The minimum atomic E-state index is -3.67. The van der Waals surface area contributed by atoms with Crippen LogP contribution in [0.1, 0.15) is 35.4 Å². The Morgan fingerprint density at radius 2 is 1.78 bits per heavy atom. The van der Waals surface area contributed by atoms with Crippen molar-refractivity contribution in [1.29, 1.82) is 0 Å². The van der Waals surface area contributed by atoms with Crippen molar-refractivity contribution in [2.75, 3.05) is 45.5 Å². The van der Waals surface area contributed by atoms with Crippen LogP contribution in [0.25, 0.3) is 10.2 Å². The Morgan fingerprint density at radius 3 is 2.41 bits per heavy atom. The smallest absolute Gasteiger partial charge is 0.261 e. The van der Waals surface area contributed by atoms with Crippen molar-refractivity contribution in [3.63, 3.8) is 0 Å². The molecule has 0 saturated heterocycles. The number of nitrogens with zero attached hydrogens (tertiary/aromatic N) is 2. The molecule has 4 N–H and O–H groups in total. The summed E-state index contributed by atoms with van der Waals surface area (Å²) in [6.07, 6.45) is 6.10. The largest absolute Gasteiger partial charge is 0.496 e. The van der Waals surface area contributed by atoms with Crippen molar-refractivity contribution in [2.24, 2.45) is 0 Å². The predicted molar refractivity (Wildman–Crippen MR) is 149 cm³/mol. The fraction of sp³-hybridized carbons (Fsp3) is 0.458. The van der Waals surface area contributed by atoms with Crippen molar-refractivity contribution in [3.8, 4) is 5.75 Å². The van der Waals surface area contributed by atoms with Gasteiger partial charge in [0, 0.05) is 13.1 Å². The Labute approximate surface area is 223 Å². The lowest BCUT2D eigenvalue weighted by Crippen LogP contribution is -2.28. The standard InChI is InChI=1S/C22H27N3OS.2CH4O3S/c1-25(12-11-15-9-10-21-19(13-15)24-22(23)27-21)14-16-5-3-7-18-17(16)6-4-8-20(18)26-2;2*1-5(2,3)4/h4,6,8-10,13,16H,3,5,7,11-12,14H2,1-2H3,(H2,23,24);2*1H3,(H,2,3,4)/t16-;;/m0../s1. The molecule has 206 valence electrons. The summed E-state index contributed by atoms with van der Waals surface area (Å²) in [7, 11) is -3.33. The van der Waals surface area contributed by atoms with Crippen LogP contribution >= 0.6 is 11.3 Å². The van der Waals surface area contributed by atoms with E-state index in [1.54, 1.807) is 18.4 Å². The summed E-state index contributed by atoms with van der Waals surface area (Å²) in [6, 6.07) is 13.0. The molecule has 0 spiro atoms. The third-order valence-corrected chi connectivity index (χ3v) is 6.46. The number of thiazole rings is 1. The molecule has 0 unspecified atom stereocenters. The Balaban J connectivity index is 0.000000412. The molecule has 10 nitrogen and oxygen atoms in total. The maximum Gasteiger partial charge on any atom is 0.261 e. The molecule has 4 rings (SSSR count). The molecule has 3 aromatic rings. The van der Waals surface area contributed by atoms with Crippen molar-refractivity contribution in [1.82, 2.24) is 9.88 Å². The molecular formula is C24H35N3O7S3. The average molecular weight is 574 g/mol. The van der Waals surface area contributed by atoms with Crippen molar-refractivity contribution < 1.29 is 30.7 Å². The van der Waals surface area contributed by atoms with E-state index in [0.717, 1.165) is 41.9 Å².